The van der Waals surface area contributed by atoms with E-state index in [1.54, 1.807) is 12.4 Å². The molecule has 8 heteroatoms. The van der Waals surface area contributed by atoms with Crippen LogP contribution in [0.15, 0.2) is 42.7 Å². The summed E-state index contributed by atoms with van der Waals surface area (Å²) in [5.41, 5.74) is 2.28. The standard InChI is InChI=1S/C21H26N4O3S/c1-29(27,28)24-12-4-5-17(14-24)20-10-7-16(13-23-20)21(26)25(19-8-9-19)15-18-6-2-3-11-22-18/h2-3,6-7,10-11,13,17,19H,4-5,8-9,12,14-15H2,1H3/t17-/m0/s1. The Bertz CT molecular complexity index is 959. The van der Waals surface area contributed by atoms with Crippen LogP contribution in [-0.2, 0) is 16.6 Å². The third-order valence-corrected chi connectivity index (χ3v) is 6.88. The van der Waals surface area contributed by atoms with Crippen molar-refractivity contribution in [3.63, 3.8) is 0 Å². The Hall–Kier alpha value is -2.32. The molecule has 3 heterocycles. The zero-order chi connectivity index (χ0) is 20.4. The molecule has 0 N–H and O–H groups in total. The van der Waals surface area contributed by atoms with Gasteiger partial charge in [0.1, 0.15) is 0 Å². The lowest BCUT2D eigenvalue weighted by Gasteiger charge is -2.30. The summed E-state index contributed by atoms with van der Waals surface area (Å²) in [5, 5.41) is 0. The maximum Gasteiger partial charge on any atom is 0.256 e. The zero-order valence-corrected chi connectivity index (χ0v) is 17.4. The molecule has 0 bridgehead atoms. The molecule has 29 heavy (non-hydrogen) atoms. The average molecular weight is 415 g/mol. The maximum atomic E-state index is 13.1. The molecule has 0 aromatic carbocycles. The molecule has 2 aliphatic rings. The Morgan fingerprint density at radius 3 is 2.62 bits per heavy atom. The molecule has 1 saturated heterocycles. The van der Waals surface area contributed by atoms with Crippen LogP contribution < -0.4 is 0 Å². The van der Waals surface area contributed by atoms with Gasteiger partial charge in [-0.25, -0.2) is 12.7 Å². The van der Waals surface area contributed by atoms with Crippen molar-refractivity contribution in [3.05, 3.63) is 59.7 Å². The molecule has 1 amide bonds. The summed E-state index contributed by atoms with van der Waals surface area (Å²) < 4.78 is 25.2. The molecular formula is C21H26N4O3S. The van der Waals surface area contributed by atoms with Gasteiger partial charge in [0.25, 0.3) is 5.91 Å². The van der Waals surface area contributed by atoms with E-state index in [2.05, 4.69) is 9.97 Å². The predicted molar refractivity (Wildman–Crippen MR) is 110 cm³/mol. The summed E-state index contributed by atoms with van der Waals surface area (Å²) in [6.07, 6.45) is 8.38. The van der Waals surface area contributed by atoms with Crippen molar-refractivity contribution in [1.29, 1.82) is 0 Å². The van der Waals surface area contributed by atoms with Crippen LogP contribution in [0.2, 0.25) is 0 Å². The lowest BCUT2D eigenvalue weighted by molar-refractivity contribution is 0.0727. The highest BCUT2D eigenvalue weighted by atomic mass is 32.2. The number of aromatic nitrogens is 2. The monoisotopic (exact) mass is 414 g/mol. The van der Waals surface area contributed by atoms with E-state index in [0.29, 0.717) is 25.2 Å². The minimum absolute atomic E-state index is 0.0291. The number of hydrogen-bond donors (Lipinski definition) is 0. The Morgan fingerprint density at radius 1 is 1.17 bits per heavy atom. The van der Waals surface area contributed by atoms with E-state index in [9.17, 15) is 13.2 Å². The van der Waals surface area contributed by atoms with Crippen molar-refractivity contribution in [2.75, 3.05) is 19.3 Å². The van der Waals surface area contributed by atoms with E-state index in [0.717, 1.165) is 37.1 Å². The number of sulfonamides is 1. The molecule has 4 rings (SSSR count). The van der Waals surface area contributed by atoms with Crippen LogP contribution in [0.5, 0.6) is 0 Å². The molecule has 1 atom stereocenters. The predicted octanol–water partition coefficient (Wildman–Crippen LogP) is 2.42. The average Bonchev–Trinajstić information content (AvgIpc) is 3.57. The summed E-state index contributed by atoms with van der Waals surface area (Å²) in [5.74, 6) is 0.0364. The fraction of sp³-hybridized carbons (Fsp3) is 0.476. The van der Waals surface area contributed by atoms with Gasteiger partial charge >= 0.3 is 0 Å². The minimum atomic E-state index is -3.19. The number of carbonyl (C=O) groups is 1. The normalized spacial score (nSPS) is 20.4. The highest BCUT2D eigenvalue weighted by Crippen LogP contribution is 2.30. The first-order valence-electron chi connectivity index (χ1n) is 10.0. The second kappa shape index (κ2) is 8.20. The molecule has 0 unspecified atom stereocenters. The van der Waals surface area contributed by atoms with E-state index in [-0.39, 0.29) is 17.9 Å². The molecule has 0 radical (unpaired) electrons. The first-order chi connectivity index (χ1) is 13.9. The van der Waals surface area contributed by atoms with Crippen molar-refractivity contribution in [2.45, 2.75) is 44.2 Å². The molecule has 2 fully saturated rings. The molecule has 2 aromatic rings. The number of amides is 1. The molecule has 0 spiro atoms. The van der Waals surface area contributed by atoms with Gasteiger partial charge in [-0.15, -0.1) is 0 Å². The van der Waals surface area contributed by atoms with Gasteiger partial charge in [0, 0.05) is 43.1 Å². The van der Waals surface area contributed by atoms with Gasteiger partial charge in [-0.1, -0.05) is 6.07 Å². The fourth-order valence-corrected chi connectivity index (χ4v) is 4.75. The summed E-state index contributed by atoms with van der Waals surface area (Å²) >= 11 is 0. The number of hydrogen-bond acceptors (Lipinski definition) is 5. The van der Waals surface area contributed by atoms with Gasteiger partial charge in [0.15, 0.2) is 0 Å². The number of carbonyl (C=O) groups excluding carboxylic acids is 1. The lowest BCUT2D eigenvalue weighted by Crippen LogP contribution is -2.38. The van der Waals surface area contributed by atoms with Gasteiger partial charge in [-0.2, -0.15) is 0 Å². The molecule has 154 valence electrons. The van der Waals surface area contributed by atoms with Crippen LogP contribution >= 0.6 is 0 Å². The van der Waals surface area contributed by atoms with Crippen molar-refractivity contribution < 1.29 is 13.2 Å². The van der Waals surface area contributed by atoms with Crippen molar-refractivity contribution in [2.24, 2.45) is 0 Å². The number of nitrogens with zero attached hydrogens (tertiary/aromatic N) is 4. The maximum absolute atomic E-state index is 13.1. The van der Waals surface area contributed by atoms with E-state index in [4.69, 9.17) is 0 Å². The van der Waals surface area contributed by atoms with Gasteiger partial charge in [-0.3, -0.25) is 14.8 Å². The number of pyridine rings is 2. The first-order valence-corrected chi connectivity index (χ1v) is 11.9. The van der Waals surface area contributed by atoms with Crippen LogP contribution in [0, 0.1) is 0 Å². The SMILES string of the molecule is CS(=O)(=O)N1CCC[C@H](c2ccc(C(=O)N(Cc3ccccn3)C3CC3)cn2)C1. The molecule has 1 aliphatic heterocycles. The van der Waals surface area contributed by atoms with Gasteiger partial charge in [0.05, 0.1) is 24.1 Å². The molecule has 2 aromatic heterocycles. The summed E-state index contributed by atoms with van der Waals surface area (Å²) in [7, 11) is -3.19. The van der Waals surface area contributed by atoms with Gasteiger partial charge in [-0.05, 0) is 49.9 Å². The number of rotatable bonds is 6. The largest absolute Gasteiger partial charge is 0.330 e. The van der Waals surface area contributed by atoms with E-state index in [1.165, 1.54) is 10.6 Å². The smallest absolute Gasteiger partial charge is 0.256 e. The van der Waals surface area contributed by atoms with Crippen molar-refractivity contribution >= 4 is 15.9 Å². The summed E-state index contributed by atoms with van der Waals surface area (Å²) in [4.78, 5) is 23.8. The van der Waals surface area contributed by atoms with E-state index < -0.39 is 10.0 Å². The van der Waals surface area contributed by atoms with Gasteiger partial charge in [0.2, 0.25) is 10.0 Å². The van der Waals surface area contributed by atoms with Crippen molar-refractivity contribution in [3.8, 4) is 0 Å². The molecule has 1 aliphatic carbocycles. The lowest BCUT2D eigenvalue weighted by atomic mass is 9.95. The molecule has 1 saturated carbocycles. The third kappa shape index (κ3) is 4.82. The Morgan fingerprint density at radius 2 is 2.00 bits per heavy atom. The quantitative estimate of drug-likeness (QED) is 0.725. The van der Waals surface area contributed by atoms with Crippen molar-refractivity contribution in [1.82, 2.24) is 19.2 Å². The third-order valence-electron chi connectivity index (χ3n) is 5.61. The number of piperidine rings is 1. The molecular weight excluding hydrogens is 388 g/mol. The second-order valence-electron chi connectivity index (χ2n) is 7.92. The first kappa shape index (κ1) is 20.0. The highest BCUT2D eigenvalue weighted by molar-refractivity contribution is 7.88. The van der Waals surface area contributed by atoms with E-state index >= 15 is 0 Å². The van der Waals surface area contributed by atoms with Crippen LogP contribution in [-0.4, -0.2) is 58.9 Å². The van der Waals surface area contributed by atoms with Crippen LogP contribution in [0.1, 0.15) is 53.3 Å². The highest BCUT2D eigenvalue weighted by Gasteiger charge is 2.34. The zero-order valence-electron chi connectivity index (χ0n) is 16.6. The Labute approximate surface area is 171 Å². The fourth-order valence-electron chi connectivity index (χ4n) is 3.84. The van der Waals surface area contributed by atoms with Gasteiger partial charge < -0.3 is 4.90 Å². The van der Waals surface area contributed by atoms with Crippen LogP contribution in [0.4, 0.5) is 0 Å². The second-order valence-corrected chi connectivity index (χ2v) is 9.90. The van der Waals surface area contributed by atoms with Crippen LogP contribution in [0.3, 0.4) is 0 Å². The Balaban J connectivity index is 1.47. The molecule has 7 nitrogen and oxygen atoms in total. The van der Waals surface area contributed by atoms with E-state index in [1.807, 2.05) is 35.2 Å². The summed E-state index contributed by atoms with van der Waals surface area (Å²) in [6.45, 7) is 1.51. The minimum Gasteiger partial charge on any atom is -0.330 e. The summed E-state index contributed by atoms with van der Waals surface area (Å²) in [6, 6.07) is 9.68. The topological polar surface area (TPSA) is 83.5 Å². The Kier molecular flexibility index (Phi) is 5.65. The van der Waals surface area contributed by atoms with Crippen LogP contribution in [0.25, 0.3) is 0 Å².